The minimum atomic E-state index is -0.366. The predicted octanol–water partition coefficient (Wildman–Crippen LogP) is 4.80. The largest absolute Gasteiger partial charge is 0.486 e. The highest BCUT2D eigenvalue weighted by molar-refractivity contribution is 8.01. The van der Waals surface area contributed by atoms with E-state index in [2.05, 4.69) is 34.7 Å². The number of carbonyl (C=O) groups excluding carboxylic acids is 1. The Hall–Kier alpha value is -2.85. The summed E-state index contributed by atoms with van der Waals surface area (Å²) < 4.78 is 25.7. The van der Waals surface area contributed by atoms with E-state index in [1.165, 1.54) is 29.2 Å². The fraction of sp³-hybridized carbons (Fsp3) is 0.318. The Morgan fingerprint density at radius 1 is 1.16 bits per heavy atom. The van der Waals surface area contributed by atoms with Crippen molar-refractivity contribution in [3.8, 4) is 11.5 Å². The number of nitrogens with zero attached hydrogens (tertiary/aromatic N) is 2. The highest BCUT2D eigenvalue weighted by Gasteiger charge is 2.22. The number of aromatic nitrogens is 2. The summed E-state index contributed by atoms with van der Waals surface area (Å²) in [7, 11) is 0. The third kappa shape index (κ3) is 5.49. The SMILES string of the molecule is CC(C)C(NC(=O)CSc1nnc(Nc2ccccc2F)s1)c1ccc2c(c1)OCCO2. The molecule has 168 valence electrons. The minimum Gasteiger partial charge on any atom is -0.486 e. The number of hydrogen-bond donors (Lipinski definition) is 2. The summed E-state index contributed by atoms with van der Waals surface area (Å²) in [6, 6.07) is 12.0. The standard InChI is InChI=1S/C22H23FN4O3S2/c1-13(2)20(14-7-8-17-18(11-14)30-10-9-29-17)25-19(28)12-31-22-27-26-21(32-22)24-16-6-4-3-5-15(16)23/h3-8,11,13,20H,9-10,12H2,1-2H3,(H,24,26)(H,25,28). The molecule has 1 unspecified atom stereocenters. The predicted molar refractivity (Wildman–Crippen MR) is 123 cm³/mol. The monoisotopic (exact) mass is 474 g/mol. The van der Waals surface area contributed by atoms with Gasteiger partial charge in [0.05, 0.1) is 17.5 Å². The van der Waals surface area contributed by atoms with E-state index in [0.29, 0.717) is 34.1 Å². The molecule has 7 nitrogen and oxygen atoms in total. The van der Waals surface area contributed by atoms with Gasteiger partial charge in [-0.05, 0) is 35.7 Å². The molecule has 1 aliphatic rings. The van der Waals surface area contributed by atoms with E-state index in [1.807, 2.05) is 18.2 Å². The second-order valence-corrected chi connectivity index (χ2v) is 9.66. The number of fused-ring (bicyclic) bond motifs is 1. The molecule has 0 spiro atoms. The molecule has 3 aromatic rings. The molecular weight excluding hydrogens is 451 g/mol. The molecular formula is C22H23FN4O3S2. The van der Waals surface area contributed by atoms with Crippen LogP contribution >= 0.6 is 23.1 Å². The highest BCUT2D eigenvalue weighted by atomic mass is 32.2. The van der Waals surface area contributed by atoms with Gasteiger partial charge in [-0.3, -0.25) is 4.79 Å². The Labute approximate surface area is 193 Å². The summed E-state index contributed by atoms with van der Waals surface area (Å²) in [5.41, 5.74) is 1.30. The van der Waals surface area contributed by atoms with E-state index < -0.39 is 0 Å². The molecule has 0 saturated carbocycles. The number of benzene rings is 2. The second-order valence-electron chi connectivity index (χ2n) is 7.46. The molecule has 0 aliphatic carbocycles. The van der Waals surface area contributed by atoms with Crippen LogP contribution in [0.4, 0.5) is 15.2 Å². The first kappa shape index (κ1) is 22.3. The molecule has 0 fully saturated rings. The maximum Gasteiger partial charge on any atom is 0.230 e. The van der Waals surface area contributed by atoms with Crippen LogP contribution in [-0.4, -0.2) is 35.1 Å². The van der Waals surface area contributed by atoms with E-state index in [1.54, 1.807) is 18.2 Å². The summed E-state index contributed by atoms with van der Waals surface area (Å²) in [5, 5.41) is 14.6. The van der Waals surface area contributed by atoms with Gasteiger partial charge in [0.2, 0.25) is 11.0 Å². The Bertz CT molecular complexity index is 1090. The van der Waals surface area contributed by atoms with Crippen molar-refractivity contribution in [3.63, 3.8) is 0 Å². The van der Waals surface area contributed by atoms with Gasteiger partial charge < -0.3 is 20.1 Å². The van der Waals surface area contributed by atoms with Crippen LogP contribution in [0.1, 0.15) is 25.5 Å². The molecule has 1 aliphatic heterocycles. The van der Waals surface area contributed by atoms with E-state index >= 15 is 0 Å². The Kier molecular flexibility index (Phi) is 7.11. The maximum atomic E-state index is 13.8. The molecule has 10 heteroatoms. The molecule has 0 bridgehead atoms. The minimum absolute atomic E-state index is 0.109. The first-order chi connectivity index (χ1) is 15.5. The molecule has 1 amide bonds. The van der Waals surface area contributed by atoms with Crippen molar-refractivity contribution in [1.82, 2.24) is 15.5 Å². The van der Waals surface area contributed by atoms with Gasteiger partial charge in [-0.2, -0.15) is 0 Å². The summed E-state index contributed by atoms with van der Waals surface area (Å²) in [5.74, 6) is 1.33. The topological polar surface area (TPSA) is 85.4 Å². The average molecular weight is 475 g/mol. The van der Waals surface area contributed by atoms with Gasteiger partial charge in [0.25, 0.3) is 0 Å². The zero-order chi connectivity index (χ0) is 22.5. The summed E-state index contributed by atoms with van der Waals surface area (Å²) in [4.78, 5) is 12.6. The van der Waals surface area contributed by atoms with Crippen LogP contribution in [0.5, 0.6) is 11.5 Å². The lowest BCUT2D eigenvalue weighted by molar-refractivity contribution is -0.119. The zero-order valence-electron chi connectivity index (χ0n) is 17.6. The highest BCUT2D eigenvalue weighted by Crippen LogP contribution is 2.34. The number of halogens is 1. The molecule has 0 radical (unpaired) electrons. The van der Waals surface area contributed by atoms with E-state index in [0.717, 1.165) is 11.3 Å². The van der Waals surface area contributed by atoms with Gasteiger partial charge in [-0.15, -0.1) is 10.2 Å². The lowest BCUT2D eigenvalue weighted by Crippen LogP contribution is -2.33. The van der Waals surface area contributed by atoms with Gasteiger partial charge in [-0.25, -0.2) is 4.39 Å². The Balaban J connectivity index is 1.34. The molecule has 2 N–H and O–H groups in total. The Morgan fingerprint density at radius 2 is 1.94 bits per heavy atom. The number of nitrogens with one attached hydrogen (secondary N) is 2. The van der Waals surface area contributed by atoms with Crippen molar-refractivity contribution in [2.45, 2.75) is 24.2 Å². The molecule has 2 aromatic carbocycles. The number of thioether (sulfide) groups is 1. The van der Waals surface area contributed by atoms with Gasteiger partial charge in [0.15, 0.2) is 15.8 Å². The molecule has 1 aromatic heterocycles. The molecule has 4 rings (SSSR count). The van der Waals surface area contributed by atoms with E-state index in [-0.39, 0.29) is 29.4 Å². The van der Waals surface area contributed by atoms with Gasteiger partial charge in [0, 0.05) is 0 Å². The number of hydrogen-bond acceptors (Lipinski definition) is 8. The van der Waals surface area contributed by atoms with Crippen LogP contribution in [0.25, 0.3) is 0 Å². The zero-order valence-corrected chi connectivity index (χ0v) is 19.3. The normalized spacial score (nSPS) is 13.6. The van der Waals surface area contributed by atoms with Crippen LogP contribution in [0.2, 0.25) is 0 Å². The number of amides is 1. The van der Waals surface area contributed by atoms with Crippen molar-refractivity contribution in [1.29, 1.82) is 0 Å². The van der Waals surface area contributed by atoms with Crippen LogP contribution in [0, 0.1) is 11.7 Å². The number of rotatable bonds is 8. The van der Waals surface area contributed by atoms with Crippen molar-refractivity contribution in [2.75, 3.05) is 24.3 Å². The average Bonchev–Trinajstić information content (AvgIpc) is 3.24. The van der Waals surface area contributed by atoms with Crippen molar-refractivity contribution in [2.24, 2.45) is 5.92 Å². The molecule has 0 saturated heterocycles. The molecule has 2 heterocycles. The smallest absolute Gasteiger partial charge is 0.230 e. The van der Waals surface area contributed by atoms with Gasteiger partial charge in [-0.1, -0.05) is 55.1 Å². The van der Waals surface area contributed by atoms with Crippen LogP contribution in [0.3, 0.4) is 0 Å². The lowest BCUT2D eigenvalue weighted by Gasteiger charge is -2.25. The fourth-order valence-electron chi connectivity index (χ4n) is 3.23. The summed E-state index contributed by atoms with van der Waals surface area (Å²) in [6.45, 7) is 5.17. The van der Waals surface area contributed by atoms with Crippen molar-refractivity contribution in [3.05, 3.63) is 53.8 Å². The number of para-hydroxylation sites is 1. The summed E-state index contributed by atoms with van der Waals surface area (Å²) in [6.07, 6.45) is 0. The first-order valence-electron chi connectivity index (χ1n) is 10.2. The maximum absolute atomic E-state index is 13.8. The lowest BCUT2D eigenvalue weighted by atomic mass is 9.95. The quantitative estimate of drug-likeness (QED) is 0.454. The van der Waals surface area contributed by atoms with E-state index in [4.69, 9.17) is 9.47 Å². The number of carbonyl (C=O) groups is 1. The first-order valence-corrected chi connectivity index (χ1v) is 12.0. The van der Waals surface area contributed by atoms with E-state index in [9.17, 15) is 9.18 Å². The Morgan fingerprint density at radius 3 is 2.72 bits per heavy atom. The van der Waals surface area contributed by atoms with Crippen LogP contribution in [-0.2, 0) is 4.79 Å². The fourth-order valence-corrected chi connectivity index (χ4v) is 4.80. The summed E-state index contributed by atoms with van der Waals surface area (Å²) >= 11 is 2.56. The van der Waals surface area contributed by atoms with Gasteiger partial charge >= 0.3 is 0 Å². The number of anilines is 2. The molecule has 1 atom stereocenters. The van der Waals surface area contributed by atoms with Crippen LogP contribution < -0.4 is 20.1 Å². The second kappa shape index (κ2) is 10.2. The number of ether oxygens (including phenoxy) is 2. The van der Waals surface area contributed by atoms with Gasteiger partial charge in [0.1, 0.15) is 19.0 Å². The third-order valence-electron chi connectivity index (χ3n) is 4.76. The van der Waals surface area contributed by atoms with Crippen LogP contribution in [0.15, 0.2) is 46.8 Å². The van der Waals surface area contributed by atoms with Crippen molar-refractivity contribution < 1.29 is 18.7 Å². The van der Waals surface area contributed by atoms with Crippen molar-refractivity contribution >= 4 is 39.8 Å². The third-order valence-corrected chi connectivity index (χ3v) is 6.73. The molecule has 32 heavy (non-hydrogen) atoms.